The summed E-state index contributed by atoms with van der Waals surface area (Å²) in [5.74, 6) is -6.49. The van der Waals surface area contributed by atoms with E-state index >= 15 is 0 Å². The second kappa shape index (κ2) is 6.57. The number of hydrogen-bond acceptors (Lipinski definition) is 10. The SMILES string of the molecule is CC(=O)C1(O)O[C@H](CO)[C@@H](O)[C@H](O)[C@]1(N)C(=O)[C@@H](N)CC(N)=O. The molecule has 1 unspecified atom stereocenters. The highest BCUT2D eigenvalue weighted by atomic mass is 16.7. The molecule has 1 fully saturated rings. The van der Waals surface area contributed by atoms with Crippen LogP contribution in [0.3, 0.4) is 0 Å². The molecule has 11 nitrogen and oxygen atoms in total. The number of ketones is 2. The smallest absolute Gasteiger partial charge is 0.255 e. The molecular weight excluding hydrogens is 314 g/mol. The van der Waals surface area contributed by atoms with Gasteiger partial charge in [-0.15, -0.1) is 0 Å². The number of carbonyl (C=O) groups excluding carboxylic acids is 3. The van der Waals surface area contributed by atoms with Crippen LogP contribution in [0.15, 0.2) is 0 Å². The average molecular weight is 335 g/mol. The lowest BCUT2D eigenvalue weighted by Gasteiger charge is -2.52. The van der Waals surface area contributed by atoms with Gasteiger partial charge in [-0.2, -0.15) is 0 Å². The van der Waals surface area contributed by atoms with E-state index in [2.05, 4.69) is 0 Å². The van der Waals surface area contributed by atoms with Crippen LogP contribution in [0.5, 0.6) is 0 Å². The Labute approximate surface area is 131 Å². The fraction of sp³-hybridized carbons (Fsp3) is 0.750. The minimum atomic E-state index is -3.06. The van der Waals surface area contributed by atoms with E-state index in [1.54, 1.807) is 0 Å². The molecule has 23 heavy (non-hydrogen) atoms. The highest BCUT2D eigenvalue weighted by molar-refractivity contribution is 6.03. The van der Waals surface area contributed by atoms with Gasteiger partial charge in [-0.05, 0) is 0 Å². The van der Waals surface area contributed by atoms with Crippen LogP contribution >= 0.6 is 0 Å². The summed E-state index contributed by atoms with van der Waals surface area (Å²) in [6, 6.07) is -1.65. The molecular formula is C12H21N3O8. The van der Waals surface area contributed by atoms with Crippen molar-refractivity contribution in [1.29, 1.82) is 0 Å². The van der Waals surface area contributed by atoms with Crippen LogP contribution in [0.25, 0.3) is 0 Å². The predicted octanol–water partition coefficient (Wildman–Crippen LogP) is -5.15. The first-order chi connectivity index (χ1) is 10.4. The molecule has 0 saturated carbocycles. The van der Waals surface area contributed by atoms with E-state index in [1.807, 2.05) is 0 Å². The van der Waals surface area contributed by atoms with Crippen molar-refractivity contribution in [1.82, 2.24) is 0 Å². The van der Waals surface area contributed by atoms with Crippen molar-refractivity contribution < 1.29 is 39.5 Å². The number of primary amides is 1. The van der Waals surface area contributed by atoms with Crippen molar-refractivity contribution in [3.8, 4) is 0 Å². The number of aliphatic hydroxyl groups is 4. The zero-order valence-electron chi connectivity index (χ0n) is 12.4. The van der Waals surface area contributed by atoms with Gasteiger partial charge in [0.2, 0.25) is 5.91 Å². The first-order valence-electron chi connectivity index (χ1n) is 6.68. The maximum absolute atomic E-state index is 12.4. The topological polar surface area (TPSA) is 219 Å². The van der Waals surface area contributed by atoms with Crippen LogP contribution in [-0.4, -0.2) is 80.2 Å². The molecule has 0 aliphatic carbocycles. The van der Waals surface area contributed by atoms with Gasteiger partial charge in [0, 0.05) is 13.3 Å². The number of hydrogen-bond donors (Lipinski definition) is 7. The second-order valence-corrected chi connectivity index (χ2v) is 5.48. The number of Topliss-reactive ketones (excluding diaryl/α,β-unsaturated/α-hetero) is 2. The van der Waals surface area contributed by atoms with Crippen LogP contribution < -0.4 is 17.2 Å². The molecule has 0 aromatic rings. The third-order valence-electron chi connectivity index (χ3n) is 3.88. The molecule has 10 N–H and O–H groups in total. The third-order valence-corrected chi connectivity index (χ3v) is 3.88. The summed E-state index contributed by atoms with van der Waals surface area (Å²) < 4.78 is 4.89. The Balaban J connectivity index is 3.38. The largest absolute Gasteiger partial charge is 0.394 e. The molecule has 1 heterocycles. The van der Waals surface area contributed by atoms with E-state index in [1.165, 1.54) is 0 Å². The van der Waals surface area contributed by atoms with Gasteiger partial charge in [-0.3, -0.25) is 14.4 Å². The Hall–Kier alpha value is -1.47. The summed E-state index contributed by atoms with van der Waals surface area (Å²) in [5.41, 5.74) is 13.3. The molecule has 0 spiro atoms. The molecule has 132 valence electrons. The second-order valence-electron chi connectivity index (χ2n) is 5.48. The number of rotatable bonds is 6. The van der Waals surface area contributed by atoms with Gasteiger partial charge in [0.25, 0.3) is 5.79 Å². The van der Waals surface area contributed by atoms with Crippen LogP contribution in [0.1, 0.15) is 13.3 Å². The molecule has 1 saturated heterocycles. The van der Waals surface area contributed by atoms with E-state index in [4.69, 9.17) is 27.0 Å². The Bertz CT molecular complexity index is 515. The van der Waals surface area contributed by atoms with Crippen molar-refractivity contribution in [2.24, 2.45) is 17.2 Å². The van der Waals surface area contributed by atoms with E-state index in [9.17, 15) is 29.7 Å². The Morgan fingerprint density at radius 2 is 1.83 bits per heavy atom. The normalized spacial score (nSPS) is 38.8. The zero-order valence-corrected chi connectivity index (χ0v) is 12.4. The Kier molecular flexibility index (Phi) is 5.59. The van der Waals surface area contributed by atoms with Gasteiger partial charge >= 0.3 is 0 Å². The molecule has 1 amide bonds. The molecule has 1 rings (SSSR count). The average Bonchev–Trinajstić information content (AvgIpc) is 2.46. The first kappa shape index (κ1) is 19.6. The Morgan fingerprint density at radius 3 is 2.22 bits per heavy atom. The van der Waals surface area contributed by atoms with Gasteiger partial charge in [0.15, 0.2) is 17.1 Å². The molecule has 6 atom stereocenters. The van der Waals surface area contributed by atoms with Crippen molar-refractivity contribution in [2.45, 2.75) is 49.0 Å². The monoisotopic (exact) mass is 335 g/mol. The molecule has 1 aliphatic rings. The van der Waals surface area contributed by atoms with Crippen LogP contribution in [0.4, 0.5) is 0 Å². The van der Waals surface area contributed by atoms with Gasteiger partial charge in [0.1, 0.15) is 18.3 Å². The van der Waals surface area contributed by atoms with Crippen LogP contribution in [-0.2, 0) is 19.1 Å². The molecule has 1 aliphatic heterocycles. The third kappa shape index (κ3) is 2.99. The fourth-order valence-corrected chi connectivity index (χ4v) is 2.51. The molecule has 0 radical (unpaired) electrons. The number of aliphatic hydroxyl groups excluding tert-OH is 3. The van der Waals surface area contributed by atoms with Gasteiger partial charge < -0.3 is 42.4 Å². The minimum Gasteiger partial charge on any atom is -0.394 e. The summed E-state index contributed by atoms with van der Waals surface area (Å²) in [7, 11) is 0. The molecule has 0 aromatic carbocycles. The number of ether oxygens (including phenoxy) is 1. The van der Waals surface area contributed by atoms with Gasteiger partial charge in [-0.25, -0.2) is 0 Å². The standard InChI is InChI=1S/C12H21N3O8/c1-4(17)12(22)11(15,9(20)5(13)2-7(14)18)10(21)8(19)6(3-16)23-12/h5-6,8,10,16,19,21-22H,2-3,13,15H2,1H3,(H2,14,18)/t5-,6+,8+,10-,11+,12?/m0/s1. The molecule has 11 heteroatoms. The van der Waals surface area contributed by atoms with E-state index in [0.29, 0.717) is 0 Å². The summed E-state index contributed by atoms with van der Waals surface area (Å²) in [6.45, 7) is -0.0429. The summed E-state index contributed by atoms with van der Waals surface area (Å²) >= 11 is 0. The fourth-order valence-electron chi connectivity index (χ4n) is 2.51. The lowest BCUT2D eigenvalue weighted by Crippen LogP contribution is -2.83. The van der Waals surface area contributed by atoms with Crippen molar-refractivity contribution in [2.75, 3.05) is 6.61 Å². The van der Waals surface area contributed by atoms with Gasteiger partial charge in [0.05, 0.1) is 12.6 Å². The quantitative estimate of drug-likeness (QED) is 0.244. The van der Waals surface area contributed by atoms with E-state index in [0.717, 1.165) is 6.92 Å². The van der Waals surface area contributed by atoms with Crippen molar-refractivity contribution in [3.63, 3.8) is 0 Å². The molecule has 0 aromatic heterocycles. The minimum absolute atomic E-state index is 0.669. The predicted molar refractivity (Wildman–Crippen MR) is 73.3 cm³/mol. The van der Waals surface area contributed by atoms with E-state index < -0.39 is 66.2 Å². The van der Waals surface area contributed by atoms with Crippen molar-refractivity contribution >= 4 is 17.5 Å². The Morgan fingerprint density at radius 1 is 1.30 bits per heavy atom. The lowest BCUT2D eigenvalue weighted by molar-refractivity contribution is -0.316. The maximum atomic E-state index is 12.4. The van der Waals surface area contributed by atoms with Crippen LogP contribution in [0.2, 0.25) is 0 Å². The zero-order chi connectivity index (χ0) is 18.2. The summed E-state index contributed by atoms with van der Waals surface area (Å²) in [6.07, 6.45) is -6.34. The molecule has 0 bridgehead atoms. The highest BCUT2D eigenvalue weighted by Gasteiger charge is 2.68. The first-order valence-corrected chi connectivity index (χ1v) is 6.68. The van der Waals surface area contributed by atoms with Gasteiger partial charge in [-0.1, -0.05) is 0 Å². The van der Waals surface area contributed by atoms with Crippen molar-refractivity contribution in [3.05, 3.63) is 0 Å². The summed E-state index contributed by atoms with van der Waals surface area (Å²) in [4.78, 5) is 35.1. The lowest BCUT2D eigenvalue weighted by atomic mass is 9.71. The number of nitrogens with two attached hydrogens (primary N) is 3. The van der Waals surface area contributed by atoms with Crippen LogP contribution in [0, 0.1) is 0 Å². The number of carbonyl (C=O) groups is 3. The highest BCUT2D eigenvalue weighted by Crippen LogP contribution is 2.37. The van der Waals surface area contributed by atoms with E-state index in [-0.39, 0.29) is 0 Å². The maximum Gasteiger partial charge on any atom is 0.255 e. The summed E-state index contributed by atoms with van der Waals surface area (Å²) in [5, 5.41) is 39.6. The number of amides is 1.